The van der Waals surface area contributed by atoms with Crippen molar-refractivity contribution >= 4 is 0 Å². The first-order valence-corrected chi connectivity index (χ1v) is 6.09. The first kappa shape index (κ1) is 11.9. The maximum atomic E-state index is 5.57. The largest absolute Gasteiger partial charge is 0.330 e. The van der Waals surface area contributed by atoms with Gasteiger partial charge in [0.25, 0.3) is 0 Å². The van der Waals surface area contributed by atoms with Crippen LogP contribution in [-0.2, 0) is 12.8 Å². The lowest BCUT2D eigenvalue weighted by Crippen LogP contribution is -2.03. The molecule has 1 heterocycles. The van der Waals surface area contributed by atoms with Gasteiger partial charge in [0.1, 0.15) is 0 Å². The minimum Gasteiger partial charge on any atom is -0.330 e. The third kappa shape index (κ3) is 2.39. The number of nitrogens with one attached hydrogen (secondary N) is 1. The molecular formula is C14H19N3. The zero-order valence-corrected chi connectivity index (χ0v) is 10.5. The highest BCUT2D eigenvalue weighted by Gasteiger charge is 2.09. The lowest BCUT2D eigenvalue weighted by atomic mass is 10.0. The number of aromatic nitrogens is 2. The highest BCUT2D eigenvalue weighted by molar-refractivity contribution is 5.63. The van der Waals surface area contributed by atoms with E-state index in [0.29, 0.717) is 6.54 Å². The first-order valence-electron chi connectivity index (χ1n) is 6.09. The van der Waals surface area contributed by atoms with E-state index in [-0.39, 0.29) is 0 Å². The van der Waals surface area contributed by atoms with Gasteiger partial charge in [0.2, 0.25) is 0 Å². The molecule has 0 aliphatic heterocycles. The number of rotatable bonds is 4. The lowest BCUT2D eigenvalue weighted by molar-refractivity contribution is 0.896. The average molecular weight is 229 g/mol. The molecule has 0 saturated carbocycles. The molecule has 0 radical (unpaired) electrons. The van der Waals surface area contributed by atoms with Crippen molar-refractivity contribution < 1.29 is 0 Å². The zero-order valence-electron chi connectivity index (χ0n) is 10.5. The molecule has 0 saturated heterocycles. The van der Waals surface area contributed by atoms with Gasteiger partial charge in [-0.1, -0.05) is 31.2 Å². The van der Waals surface area contributed by atoms with Crippen LogP contribution >= 0.6 is 0 Å². The van der Waals surface area contributed by atoms with Crippen LogP contribution in [0.1, 0.15) is 23.7 Å². The number of H-pyrrole nitrogens is 1. The Bertz CT molecular complexity index is 483. The Morgan fingerprint density at radius 1 is 1.24 bits per heavy atom. The van der Waals surface area contributed by atoms with Gasteiger partial charge in [0, 0.05) is 17.7 Å². The number of hydrogen-bond acceptors (Lipinski definition) is 2. The Balaban J connectivity index is 2.32. The summed E-state index contributed by atoms with van der Waals surface area (Å²) in [6.07, 6.45) is 1.92. The molecule has 17 heavy (non-hydrogen) atoms. The number of benzene rings is 1. The monoisotopic (exact) mass is 229 g/mol. The van der Waals surface area contributed by atoms with Crippen LogP contribution in [0, 0.1) is 6.92 Å². The SMILES string of the molecule is CCc1ccc(-c2n[nH]c(CCN)c2C)cc1. The van der Waals surface area contributed by atoms with Gasteiger partial charge >= 0.3 is 0 Å². The Hall–Kier alpha value is -1.61. The van der Waals surface area contributed by atoms with E-state index in [4.69, 9.17) is 5.73 Å². The first-order chi connectivity index (χ1) is 8.26. The van der Waals surface area contributed by atoms with Gasteiger partial charge < -0.3 is 5.73 Å². The van der Waals surface area contributed by atoms with Crippen molar-refractivity contribution in [3.63, 3.8) is 0 Å². The van der Waals surface area contributed by atoms with Crippen molar-refractivity contribution in [2.75, 3.05) is 6.54 Å². The van der Waals surface area contributed by atoms with Crippen molar-refractivity contribution in [2.24, 2.45) is 5.73 Å². The smallest absolute Gasteiger partial charge is 0.0952 e. The molecule has 0 atom stereocenters. The summed E-state index contributed by atoms with van der Waals surface area (Å²) in [5.74, 6) is 0. The molecule has 0 unspecified atom stereocenters. The minimum atomic E-state index is 0.650. The lowest BCUT2D eigenvalue weighted by Gasteiger charge is -2.01. The molecule has 3 nitrogen and oxygen atoms in total. The van der Waals surface area contributed by atoms with Gasteiger partial charge in [0.15, 0.2) is 0 Å². The number of nitrogens with two attached hydrogens (primary N) is 1. The molecule has 0 fully saturated rings. The fraction of sp³-hybridized carbons (Fsp3) is 0.357. The van der Waals surface area contributed by atoms with E-state index >= 15 is 0 Å². The standard InChI is InChI=1S/C14H19N3/c1-3-11-4-6-12(7-5-11)14-10(2)13(8-9-15)16-17-14/h4-7H,3,8-9,15H2,1-2H3,(H,16,17). The van der Waals surface area contributed by atoms with E-state index in [1.807, 2.05) is 0 Å². The molecule has 1 aromatic carbocycles. The molecule has 3 N–H and O–H groups in total. The van der Waals surface area contributed by atoms with E-state index in [1.165, 1.54) is 16.7 Å². The maximum absolute atomic E-state index is 5.57. The normalized spacial score (nSPS) is 10.8. The Morgan fingerprint density at radius 2 is 1.94 bits per heavy atom. The van der Waals surface area contributed by atoms with Gasteiger partial charge in [-0.25, -0.2) is 0 Å². The molecule has 0 amide bonds. The van der Waals surface area contributed by atoms with Gasteiger partial charge in [-0.3, -0.25) is 5.10 Å². The van der Waals surface area contributed by atoms with Gasteiger partial charge in [-0.15, -0.1) is 0 Å². The minimum absolute atomic E-state index is 0.650. The van der Waals surface area contributed by atoms with Crippen LogP contribution in [0.15, 0.2) is 24.3 Å². The zero-order chi connectivity index (χ0) is 12.3. The molecule has 2 aromatic rings. The van der Waals surface area contributed by atoms with Crippen molar-refractivity contribution in [3.8, 4) is 11.3 Å². The van der Waals surface area contributed by atoms with Crippen LogP contribution in [0.2, 0.25) is 0 Å². The third-order valence-electron chi connectivity index (χ3n) is 3.14. The predicted molar refractivity (Wildman–Crippen MR) is 70.9 cm³/mol. The average Bonchev–Trinajstić information content (AvgIpc) is 2.72. The maximum Gasteiger partial charge on any atom is 0.0952 e. The number of aryl methyl sites for hydroxylation is 1. The summed E-state index contributed by atoms with van der Waals surface area (Å²) in [4.78, 5) is 0. The van der Waals surface area contributed by atoms with Crippen molar-refractivity contribution in [2.45, 2.75) is 26.7 Å². The van der Waals surface area contributed by atoms with Crippen molar-refractivity contribution in [3.05, 3.63) is 41.1 Å². The van der Waals surface area contributed by atoms with E-state index < -0.39 is 0 Å². The van der Waals surface area contributed by atoms with Gasteiger partial charge in [-0.2, -0.15) is 5.10 Å². The van der Waals surface area contributed by atoms with E-state index in [2.05, 4.69) is 48.3 Å². The Kier molecular flexibility index (Phi) is 3.59. The predicted octanol–water partition coefficient (Wildman–Crippen LogP) is 2.45. The second-order valence-corrected chi connectivity index (χ2v) is 4.26. The van der Waals surface area contributed by atoms with Gasteiger partial charge in [0.05, 0.1) is 5.69 Å². The summed E-state index contributed by atoms with van der Waals surface area (Å²) >= 11 is 0. The van der Waals surface area contributed by atoms with Crippen LogP contribution in [0.25, 0.3) is 11.3 Å². The molecule has 0 spiro atoms. The van der Waals surface area contributed by atoms with Crippen LogP contribution in [0.5, 0.6) is 0 Å². The van der Waals surface area contributed by atoms with E-state index in [9.17, 15) is 0 Å². The summed E-state index contributed by atoms with van der Waals surface area (Å²) in [5.41, 5.74) is 11.5. The van der Waals surface area contributed by atoms with Crippen LogP contribution < -0.4 is 5.73 Å². The number of aromatic amines is 1. The molecule has 2 rings (SSSR count). The number of hydrogen-bond donors (Lipinski definition) is 2. The highest BCUT2D eigenvalue weighted by Crippen LogP contribution is 2.23. The molecule has 0 bridgehead atoms. The molecule has 0 aliphatic carbocycles. The van der Waals surface area contributed by atoms with Crippen molar-refractivity contribution in [1.29, 1.82) is 0 Å². The fourth-order valence-corrected chi connectivity index (χ4v) is 2.00. The summed E-state index contributed by atoms with van der Waals surface area (Å²) in [6.45, 7) is 4.91. The van der Waals surface area contributed by atoms with E-state index in [1.54, 1.807) is 0 Å². The van der Waals surface area contributed by atoms with Crippen LogP contribution in [0.3, 0.4) is 0 Å². The van der Waals surface area contributed by atoms with Crippen LogP contribution in [0.4, 0.5) is 0 Å². The third-order valence-corrected chi connectivity index (χ3v) is 3.14. The summed E-state index contributed by atoms with van der Waals surface area (Å²) in [7, 11) is 0. The fourth-order valence-electron chi connectivity index (χ4n) is 2.00. The summed E-state index contributed by atoms with van der Waals surface area (Å²) in [5, 5.41) is 7.45. The molecule has 3 heteroatoms. The van der Waals surface area contributed by atoms with E-state index in [0.717, 1.165) is 24.2 Å². The Labute approximate surface area is 102 Å². The molecular weight excluding hydrogens is 210 g/mol. The highest BCUT2D eigenvalue weighted by atomic mass is 15.1. The quantitative estimate of drug-likeness (QED) is 0.846. The molecule has 90 valence electrons. The second-order valence-electron chi connectivity index (χ2n) is 4.26. The van der Waals surface area contributed by atoms with Crippen molar-refractivity contribution in [1.82, 2.24) is 10.2 Å². The Morgan fingerprint density at radius 3 is 2.53 bits per heavy atom. The second kappa shape index (κ2) is 5.15. The molecule has 0 aliphatic rings. The van der Waals surface area contributed by atoms with Crippen LogP contribution in [-0.4, -0.2) is 16.7 Å². The molecule has 1 aromatic heterocycles. The summed E-state index contributed by atoms with van der Waals surface area (Å²) in [6, 6.07) is 8.58. The van der Waals surface area contributed by atoms with Gasteiger partial charge in [-0.05, 0) is 31.0 Å². The summed E-state index contributed by atoms with van der Waals surface area (Å²) < 4.78 is 0. The number of nitrogens with zero attached hydrogens (tertiary/aromatic N) is 1. The topological polar surface area (TPSA) is 54.7 Å².